The highest BCUT2D eigenvalue weighted by molar-refractivity contribution is 8.00. The molecule has 0 bridgehead atoms. The summed E-state index contributed by atoms with van der Waals surface area (Å²) in [5, 5.41) is 17.9. The Balaban J connectivity index is 2.02. The standard InChI is InChI=1S/C23H36FN5O7S/c1-11(2)19(22(35)29(12(3)21(25)34)14(8-18(32)33)15(30)9-24)27-17(31)7-5-4-6-16-20-13(10-37-16)26-23(36)28-20/h11-14,16,19-20H,4-10H2,1-3H3,(H2,25,34)(H,27,31)(H,32,33)(H2,26,28,36)/t12-,13-,14?,16-,19-,20-/m0/s1. The van der Waals surface area contributed by atoms with Crippen LogP contribution >= 0.6 is 11.8 Å². The largest absolute Gasteiger partial charge is 0.481 e. The lowest BCUT2D eigenvalue weighted by molar-refractivity contribution is -0.153. The van der Waals surface area contributed by atoms with Crippen LogP contribution < -0.4 is 21.7 Å². The smallest absolute Gasteiger partial charge is 0.315 e. The van der Waals surface area contributed by atoms with Gasteiger partial charge in [-0.15, -0.1) is 0 Å². The molecule has 14 heteroatoms. The number of halogens is 1. The van der Waals surface area contributed by atoms with Gasteiger partial charge in [-0.05, 0) is 25.7 Å². The zero-order valence-corrected chi connectivity index (χ0v) is 22.0. The van der Waals surface area contributed by atoms with Crippen LogP contribution in [-0.4, -0.2) is 93.4 Å². The first kappa shape index (κ1) is 30.3. The average molecular weight is 546 g/mol. The van der Waals surface area contributed by atoms with Gasteiger partial charge < -0.3 is 31.7 Å². The Morgan fingerprint density at radius 3 is 2.43 bits per heavy atom. The van der Waals surface area contributed by atoms with Crippen molar-refractivity contribution < 1.29 is 38.3 Å². The van der Waals surface area contributed by atoms with E-state index < -0.39 is 66.6 Å². The second-order valence-corrected chi connectivity index (χ2v) is 11.0. The van der Waals surface area contributed by atoms with Crippen LogP contribution in [0.15, 0.2) is 0 Å². The maximum Gasteiger partial charge on any atom is 0.315 e. The number of nitrogens with two attached hydrogens (primary N) is 1. The highest BCUT2D eigenvalue weighted by Crippen LogP contribution is 2.33. The number of Topliss-reactive ketones (excluding diaryl/α,β-unsaturated/α-hetero) is 1. The van der Waals surface area contributed by atoms with E-state index in [0.29, 0.717) is 11.3 Å². The van der Waals surface area contributed by atoms with E-state index in [-0.39, 0.29) is 29.8 Å². The van der Waals surface area contributed by atoms with Crippen molar-refractivity contribution in [2.75, 3.05) is 12.4 Å². The van der Waals surface area contributed by atoms with Crippen molar-refractivity contribution in [2.24, 2.45) is 11.7 Å². The molecule has 1 unspecified atom stereocenters. The molecule has 208 valence electrons. The third-order valence-corrected chi connectivity index (χ3v) is 8.13. The molecule has 0 spiro atoms. The second-order valence-electron chi connectivity index (χ2n) is 9.69. The number of hydrogen-bond acceptors (Lipinski definition) is 7. The van der Waals surface area contributed by atoms with E-state index >= 15 is 0 Å². The first-order valence-corrected chi connectivity index (χ1v) is 13.3. The zero-order valence-electron chi connectivity index (χ0n) is 21.2. The SMILES string of the molecule is CC(C)[C@H](NC(=O)CCCC[C@@H]1SC[C@@H]2NC(=O)N[C@@H]21)C(=O)N(C(CC(=O)O)C(=O)CF)[C@@H](C)C(N)=O. The number of carboxylic acids is 1. The van der Waals surface area contributed by atoms with Crippen molar-refractivity contribution >= 4 is 47.3 Å². The summed E-state index contributed by atoms with van der Waals surface area (Å²) >= 11 is 1.77. The second kappa shape index (κ2) is 13.6. The van der Waals surface area contributed by atoms with E-state index in [1.165, 1.54) is 6.92 Å². The van der Waals surface area contributed by atoms with Crippen molar-refractivity contribution in [3.8, 4) is 0 Å². The molecule has 0 aromatic carbocycles. The number of thioether (sulfide) groups is 1. The summed E-state index contributed by atoms with van der Waals surface area (Å²) in [7, 11) is 0. The molecule has 6 atom stereocenters. The lowest BCUT2D eigenvalue weighted by Gasteiger charge is -2.37. The fourth-order valence-electron chi connectivity index (χ4n) is 4.57. The molecular formula is C23H36FN5O7S. The fourth-order valence-corrected chi connectivity index (χ4v) is 6.11. The van der Waals surface area contributed by atoms with Crippen LogP contribution in [0.1, 0.15) is 52.9 Å². The molecule has 2 saturated heterocycles. The van der Waals surface area contributed by atoms with Crippen LogP contribution in [0.2, 0.25) is 0 Å². The van der Waals surface area contributed by atoms with Gasteiger partial charge in [0.05, 0.1) is 18.5 Å². The molecule has 2 aliphatic heterocycles. The van der Waals surface area contributed by atoms with Crippen molar-refractivity contribution in [2.45, 2.75) is 88.3 Å². The van der Waals surface area contributed by atoms with Crippen molar-refractivity contribution in [3.63, 3.8) is 0 Å². The summed E-state index contributed by atoms with van der Waals surface area (Å²) in [5.41, 5.74) is 5.33. The van der Waals surface area contributed by atoms with E-state index in [1.54, 1.807) is 25.6 Å². The highest BCUT2D eigenvalue weighted by atomic mass is 32.2. The van der Waals surface area contributed by atoms with E-state index in [0.717, 1.165) is 18.6 Å². The van der Waals surface area contributed by atoms with Crippen LogP contribution in [-0.2, 0) is 24.0 Å². The molecule has 2 heterocycles. The number of unbranched alkanes of at least 4 members (excludes halogenated alkanes) is 1. The molecule has 5 amide bonds. The van der Waals surface area contributed by atoms with Gasteiger partial charge in [0.2, 0.25) is 17.7 Å². The summed E-state index contributed by atoms with van der Waals surface area (Å²) in [5.74, 6) is -4.64. The van der Waals surface area contributed by atoms with Gasteiger partial charge in [0.1, 0.15) is 24.8 Å². The van der Waals surface area contributed by atoms with Crippen molar-refractivity contribution in [3.05, 3.63) is 0 Å². The molecule has 0 aromatic rings. The van der Waals surface area contributed by atoms with Gasteiger partial charge in [-0.2, -0.15) is 11.8 Å². The Labute approximate surface area is 219 Å². The van der Waals surface area contributed by atoms with Crippen LogP contribution in [0.4, 0.5) is 9.18 Å². The van der Waals surface area contributed by atoms with Crippen LogP contribution in [0.25, 0.3) is 0 Å². The number of nitrogens with one attached hydrogen (secondary N) is 3. The number of nitrogens with zero attached hydrogens (tertiary/aromatic N) is 1. The number of fused-ring (bicyclic) bond motifs is 1. The number of carbonyl (C=O) groups is 6. The van der Waals surface area contributed by atoms with Gasteiger partial charge in [-0.3, -0.25) is 24.0 Å². The Kier molecular flexibility index (Phi) is 11.1. The maximum atomic E-state index is 13.4. The zero-order chi connectivity index (χ0) is 27.9. The summed E-state index contributed by atoms with van der Waals surface area (Å²) < 4.78 is 13.2. The average Bonchev–Trinajstić information content (AvgIpc) is 3.37. The van der Waals surface area contributed by atoms with E-state index in [1.807, 2.05) is 0 Å². The Hall–Kier alpha value is -2.90. The quantitative estimate of drug-likeness (QED) is 0.140. The number of alkyl halides is 1. The summed E-state index contributed by atoms with van der Waals surface area (Å²) in [6, 6.07) is -4.34. The minimum Gasteiger partial charge on any atom is -0.481 e. The third-order valence-electron chi connectivity index (χ3n) is 6.62. The first-order chi connectivity index (χ1) is 17.4. The van der Waals surface area contributed by atoms with Crippen molar-refractivity contribution in [1.82, 2.24) is 20.9 Å². The summed E-state index contributed by atoms with van der Waals surface area (Å²) in [6.07, 6.45) is 1.26. The molecule has 2 aliphatic rings. The van der Waals surface area contributed by atoms with Gasteiger partial charge in [0.25, 0.3) is 0 Å². The van der Waals surface area contributed by atoms with Crippen LogP contribution in [0.5, 0.6) is 0 Å². The molecule has 0 aliphatic carbocycles. The van der Waals surface area contributed by atoms with Gasteiger partial charge in [0, 0.05) is 17.4 Å². The monoisotopic (exact) mass is 545 g/mol. The Morgan fingerprint density at radius 2 is 1.86 bits per heavy atom. The van der Waals surface area contributed by atoms with Crippen LogP contribution in [0, 0.1) is 5.92 Å². The number of rotatable bonds is 15. The predicted octanol–water partition coefficient (Wildman–Crippen LogP) is -0.0627. The van der Waals surface area contributed by atoms with Gasteiger partial charge >= 0.3 is 12.0 Å². The molecule has 37 heavy (non-hydrogen) atoms. The maximum absolute atomic E-state index is 13.4. The number of carboxylic acid groups (broad SMARTS) is 1. The van der Waals surface area contributed by atoms with E-state index in [2.05, 4.69) is 16.0 Å². The minimum atomic E-state index is -1.76. The number of urea groups is 1. The molecule has 2 fully saturated rings. The van der Waals surface area contributed by atoms with E-state index in [4.69, 9.17) is 5.73 Å². The Morgan fingerprint density at radius 1 is 1.19 bits per heavy atom. The topological polar surface area (TPSA) is 188 Å². The number of ketones is 1. The van der Waals surface area contributed by atoms with E-state index in [9.17, 15) is 38.3 Å². The number of amides is 5. The van der Waals surface area contributed by atoms with Crippen molar-refractivity contribution in [1.29, 1.82) is 0 Å². The summed E-state index contributed by atoms with van der Waals surface area (Å²) in [6.45, 7) is 2.95. The number of primary amides is 1. The lowest BCUT2D eigenvalue weighted by Crippen LogP contribution is -2.61. The molecule has 0 saturated carbocycles. The molecule has 0 radical (unpaired) electrons. The van der Waals surface area contributed by atoms with Gasteiger partial charge in [-0.1, -0.05) is 20.3 Å². The molecule has 12 nitrogen and oxygen atoms in total. The number of hydrogen-bond donors (Lipinski definition) is 5. The van der Waals surface area contributed by atoms with Gasteiger partial charge in [0.15, 0.2) is 5.78 Å². The lowest BCUT2D eigenvalue weighted by atomic mass is 9.97. The normalized spacial score (nSPS) is 22.8. The van der Waals surface area contributed by atoms with Crippen LogP contribution in [0.3, 0.4) is 0 Å². The fraction of sp³-hybridized carbons (Fsp3) is 0.739. The highest BCUT2D eigenvalue weighted by Gasteiger charge is 2.43. The minimum absolute atomic E-state index is 0.0678. The predicted molar refractivity (Wildman–Crippen MR) is 133 cm³/mol. The molecule has 2 rings (SSSR count). The molecular weight excluding hydrogens is 509 g/mol. The number of aliphatic carboxylic acids is 1. The number of carbonyl (C=O) groups excluding carboxylic acids is 5. The van der Waals surface area contributed by atoms with Gasteiger partial charge in [-0.25, -0.2) is 9.18 Å². The third kappa shape index (κ3) is 8.04. The Bertz CT molecular complexity index is 905. The summed E-state index contributed by atoms with van der Waals surface area (Å²) in [4.78, 5) is 73.7. The molecule has 0 aromatic heterocycles. The first-order valence-electron chi connectivity index (χ1n) is 12.3. The molecule has 6 N–H and O–H groups in total.